The van der Waals surface area contributed by atoms with Crippen molar-refractivity contribution in [2.45, 2.75) is 39.7 Å². The maximum atomic E-state index is 13.7. The molecule has 0 aliphatic carbocycles. The Bertz CT molecular complexity index is 588. The predicted octanol–water partition coefficient (Wildman–Crippen LogP) is 3.89. The van der Waals surface area contributed by atoms with Gasteiger partial charge in [0.2, 0.25) is 5.95 Å². The number of benzene rings is 1. The van der Waals surface area contributed by atoms with Crippen LogP contribution < -0.4 is 5.73 Å². The van der Waals surface area contributed by atoms with E-state index in [-0.39, 0.29) is 17.5 Å². The summed E-state index contributed by atoms with van der Waals surface area (Å²) in [5.41, 5.74) is 6.44. The zero-order chi connectivity index (χ0) is 14.2. The van der Waals surface area contributed by atoms with Gasteiger partial charge in [-0.15, -0.1) is 0 Å². The van der Waals surface area contributed by atoms with Gasteiger partial charge in [0, 0.05) is 18.2 Å². The molecular formula is C14H19F2N3. The number of hydrogen-bond acceptors (Lipinski definition) is 2. The van der Waals surface area contributed by atoms with E-state index in [1.807, 2.05) is 6.92 Å². The van der Waals surface area contributed by atoms with Crippen LogP contribution in [0.4, 0.5) is 14.7 Å². The normalized spacial score (nSPS) is 13.4. The van der Waals surface area contributed by atoms with Crippen LogP contribution in [0.5, 0.6) is 0 Å². The summed E-state index contributed by atoms with van der Waals surface area (Å²) in [4.78, 5) is 4.02. The van der Waals surface area contributed by atoms with Crippen molar-refractivity contribution in [2.75, 3.05) is 5.73 Å². The molecule has 3 nitrogen and oxygen atoms in total. The van der Waals surface area contributed by atoms with Gasteiger partial charge < -0.3 is 10.3 Å². The van der Waals surface area contributed by atoms with E-state index in [1.54, 1.807) is 4.57 Å². The first-order valence-corrected chi connectivity index (χ1v) is 6.62. The van der Waals surface area contributed by atoms with Crippen molar-refractivity contribution in [1.29, 1.82) is 0 Å². The number of nitrogen functional groups attached to an aromatic ring is 1. The molecule has 5 heteroatoms. The number of aromatic nitrogens is 2. The lowest BCUT2D eigenvalue weighted by molar-refractivity contribution is 0.342. The zero-order valence-corrected chi connectivity index (χ0v) is 11.5. The molecule has 1 heterocycles. The Labute approximate surface area is 111 Å². The zero-order valence-electron chi connectivity index (χ0n) is 11.5. The molecule has 0 radical (unpaired) electrons. The number of rotatable bonds is 4. The summed E-state index contributed by atoms with van der Waals surface area (Å²) in [6.45, 7) is 6.21. The minimum absolute atomic E-state index is 0.0567. The van der Waals surface area contributed by atoms with E-state index < -0.39 is 11.6 Å². The fourth-order valence-corrected chi connectivity index (χ4v) is 2.75. The Morgan fingerprint density at radius 1 is 1.26 bits per heavy atom. The number of nitrogens with zero attached hydrogens (tertiary/aromatic N) is 2. The van der Waals surface area contributed by atoms with Crippen molar-refractivity contribution < 1.29 is 8.78 Å². The first-order chi connectivity index (χ1) is 8.99. The van der Waals surface area contributed by atoms with E-state index in [2.05, 4.69) is 18.8 Å². The van der Waals surface area contributed by atoms with E-state index in [1.165, 1.54) is 6.07 Å². The Morgan fingerprint density at radius 2 is 1.89 bits per heavy atom. The summed E-state index contributed by atoms with van der Waals surface area (Å²) in [5, 5.41) is 0. The van der Waals surface area contributed by atoms with Crippen LogP contribution in [0.2, 0.25) is 0 Å². The van der Waals surface area contributed by atoms with Crippen LogP contribution in [-0.2, 0) is 0 Å². The summed E-state index contributed by atoms with van der Waals surface area (Å²) >= 11 is 0. The van der Waals surface area contributed by atoms with Gasteiger partial charge in [-0.25, -0.2) is 13.8 Å². The molecule has 104 valence electrons. The largest absolute Gasteiger partial charge is 0.369 e. The van der Waals surface area contributed by atoms with Crippen molar-refractivity contribution in [3.8, 4) is 0 Å². The second-order valence-electron chi connectivity index (χ2n) is 4.91. The Hall–Kier alpha value is -1.65. The van der Waals surface area contributed by atoms with Crippen molar-refractivity contribution >= 4 is 17.0 Å². The van der Waals surface area contributed by atoms with Crippen LogP contribution in [0.15, 0.2) is 12.1 Å². The van der Waals surface area contributed by atoms with E-state index in [0.29, 0.717) is 11.4 Å². The molecule has 0 fully saturated rings. The SMILES string of the molecule is CCC(CC)C(C)n1c(N)nc2c(F)cc(F)cc21. The highest BCUT2D eigenvalue weighted by Gasteiger charge is 2.22. The number of anilines is 1. The van der Waals surface area contributed by atoms with E-state index in [0.717, 1.165) is 18.9 Å². The van der Waals surface area contributed by atoms with Crippen molar-refractivity contribution in [2.24, 2.45) is 5.92 Å². The topological polar surface area (TPSA) is 43.8 Å². The summed E-state index contributed by atoms with van der Waals surface area (Å²) in [6.07, 6.45) is 1.96. The summed E-state index contributed by atoms with van der Waals surface area (Å²) < 4.78 is 28.8. The smallest absolute Gasteiger partial charge is 0.201 e. The summed E-state index contributed by atoms with van der Waals surface area (Å²) in [6, 6.07) is 2.18. The van der Waals surface area contributed by atoms with E-state index >= 15 is 0 Å². The molecule has 0 saturated carbocycles. The number of imidazole rings is 1. The average molecular weight is 267 g/mol. The third kappa shape index (κ3) is 2.29. The van der Waals surface area contributed by atoms with Gasteiger partial charge in [-0.2, -0.15) is 0 Å². The van der Waals surface area contributed by atoms with Gasteiger partial charge in [-0.3, -0.25) is 0 Å². The highest BCUT2D eigenvalue weighted by molar-refractivity contribution is 5.79. The second-order valence-corrected chi connectivity index (χ2v) is 4.91. The molecule has 2 N–H and O–H groups in total. The average Bonchev–Trinajstić information content (AvgIpc) is 2.67. The van der Waals surface area contributed by atoms with Gasteiger partial charge in [-0.1, -0.05) is 26.7 Å². The molecule has 0 saturated heterocycles. The fourth-order valence-electron chi connectivity index (χ4n) is 2.75. The second kappa shape index (κ2) is 5.15. The fraction of sp³-hybridized carbons (Fsp3) is 0.500. The summed E-state index contributed by atoms with van der Waals surface area (Å²) in [7, 11) is 0. The molecule has 0 bridgehead atoms. The minimum Gasteiger partial charge on any atom is -0.369 e. The maximum absolute atomic E-state index is 13.7. The molecule has 19 heavy (non-hydrogen) atoms. The van der Waals surface area contributed by atoms with Crippen LogP contribution in [0, 0.1) is 17.6 Å². The molecule has 1 aromatic carbocycles. The van der Waals surface area contributed by atoms with Gasteiger partial charge in [0.15, 0.2) is 5.82 Å². The Kier molecular flexibility index (Phi) is 3.73. The van der Waals surface area contributed by atoms with Gasteiger partial charge in [-0.05, 0) is 12.8 Å². The molecule has 1 unspecified atom stereocenters. The predicted molar refractivity (Wildman–Crippen MR) is 72.8 cm³/mol. The van der Waals surface area contributed by atoms with Crippen LogP contribution in [0.25, 0.3) is 11.0 Å². The molecule has 0 aliphatic rings. The monoisotopic (exact) mass is 267 g/mol. The molecule has 0 aliphatic heterocycles. The molecule has 2 rings (SSSR count). The van der Waals surface area contributed by atoms with Crippen LogP contribution in [0.3, 0.4) is 0 Å². The lowest BCUT2D eigenvalue weighted by atomic mass is 9.95. The molecular weight excluding hydrogens is 248 g/mol. The van der Waals surface area contributed by atoms with Gasteiger partial charge in [0.1, 0.15) is 11.3 Å². The van der Waals surface area contributed by atoms with E-state index in [4.69, 9.17) is 5.73 Å². The first kappa shape index (κ1) is 13.8. The van der Waals surface area contributed by atoms with Gasteiger partial charge in [0.25, 0.3) is 0 Å². The minimum atomic E-state index is -0.669. The molecule has 0 spiro atoms. The van der Waals surface area contributed by atoms with Crippen molar-refractivity contribution in [3.05, 3.63) is 23.8 Å². The molecule has 0 amide bonds. The third-order valence-electron chi connectivity index (χ3n) is 3.88. The van der Waals surface area contributed by atoms with Crippen LogP contribution >= 0.6 is 0 Å². The summed E-state index contributed by atoms with van der Waals surface area (Å²) in [5.74, 6) is -0.648. The Balaban J connectivity index is 2.62. The highest BCUT2D eigenvalue weighted by atomic mass is 19.1. The number of halogens is 2. The third-order valence-corrected chi connectivity index (χ3v) is 3.88. The van der Waals surface area contributed by atoms with Gasteiger partial charge >= 0.3 is 0 Å². The lowest BCUT2D eigenvalue weighted by Gasteiger charge is -2.24. The maximum Gasteiger partial charge on any atom is 0.201 e. The molecule has 1 aromatic heterocycles. The number of nitrogens with two attached hydrogens (primary N) is 1. The van der Waals surface area contributed by atoms with Crippen molar-refractivity contribution in [3.63, 3.8) is 0 Å². The van der Waals surface area contributed by atoms with Crippen molar-refractivity contribution in [1.82, 2.24) is 9.55 Å². The van der Waals surface area contributed by atoms with Gasteiger partial charge in [0.05, 0.1) is 5.52 Å². The Morgan fingerprint density at radius 3 is 2.47 bits per heavy atom. The first-order valence-electron chi connectivity index (χ1n) is 6.62. The highest BCUT2D eigenvalue weighted by Crippen LogP contribution is 2.31. The quantitative estimate of drug-likeness (QED) is 0.913. The van der Waals surface area contributed by atoms with Crippen LogP contribution in [0.1, 0.15) is 39.7 Å². The van der Waals surface area contributed by atoms with Crippen LogP contribution in [-0.4, -0.2) is 9.55 Å². The lowest BCUT2D eigenvalue weighted by Crippen LogP contribution is -2.17. The van der Waals surface area contributed by atoms with E-state index in [9.17, 15) is 8.78 Å². The molecule has 1 atom stereocenters. The molecule has 2 aromatic rings. The number of hydrogen-bond donors (Lipinski definition) is 1. The standard InChI is InChI=1S/C14H19F2N3/c1-4-9(5-2)8(3)19-12-7-10(15)6-11(16)13(12)18-14(19)17/h6-9H,4-5H2,1-3H3,(H2,17,18). The number of fused-ring (bicyclic) bond motifs is 1.